The van der Waals surface area contributed by atoms with Crippen LogP contribution < -0.4 is 5.32 Å². The summed E-state index contributed by atoms with van der Waals surface area (Å²) >= 11 is 1.94. The Kier molecular flexibility index (Phi) is 6.22. The van der Waals surface area contributed by atoms with Crippen LogP contribution in [-0.2, 0) is 6.42 Å². The Hall–Kier alpha value is -1.20. The normalized spacial score (nSPS) is 22.3. The van der Waals surface area contributed by atoms with Gasteiger partial charge in [-0.15, -0.1) is 0 Å². The lowest BCUT2D eigenvalue weighted by atomic mass is 10.1. The second kappa shape index (κ2) is 8.60. The molecule has 5 heteroatoms. The lowest BCUT2D eigenvalue weighted by Crippen LogP contribution is -2.45. The van der Waals surface area contributed by atoms with Gasteiger partial charge < -0.3 is 15.1 Å². The molecule has 0 aromatic heterocycles. The topological polar surface area (TPSA) is 35.6 Å². The summed E-state index contributed by atoms with van der Waals surface area (Å²) in [6.07, 6.45) is 2.32. The average Bonchev–Trinajstić information content (AvgIpc) is 3.07. The third-order valence-corrected chi connectivity index (χ3v) is 5.71. The number of rotatable bonds is 5. The molecule has 0 saturated carbocycles. The molecular formula is C18H27N3OS. The minimum Gasteiger partial charge on any atom is -0.338 e. The SMILES string of the molecule is O=C(NC[C@@H]1CCN(CCc2ccccc2)C1)N1CCSCC1. The molecule has 3 rings (SSSR count). The van der Waals surface area contributed by atoms with Gasteiger partial charge in [-0.25, -0.2) is 4.79 Å². The van der Waals surface area contributed by atoms with E-state index in [2.05, 4.69) is 40.5 Å². The maximum Gasteiger partial charge on any atom is 0.317 e. The van der Waals surface area contributed by atoms with E-state index in [1.165, 1.54) is 12.0 Å². The minimum atomic E-state index is 0.132. The van der Waals surface area contributed by atoms with Crippen molar-refractivity contribution in [3.05, 3.63) is 35.9 Å². The molecule has 2 amide bonds. The molecule has 1 atom stereocenters. The van der Waals surface area contributed by atoms with Gasteiger partial charge in [0, 0.05) is 44.2 Å². The summed E-state index contributed by atoms with van der Waals surface area (Å²) in [5.74, 6) is 2.75. The Morgan fingerprint density at radius 2 is 1.96 bits per heavy atom. The van der Waals surface area contributed by atoms with Crippen LogP contribution in [0.2, 0.25) is 0 Å². The fraction of sp³-hybridized carbons (Fsp3) is 0.611. The number of urea groups is 1. The van der Waals surface area contributed by atoms with Crippen molar-refractivity contribution in [2.75, 3.05) is 50.8 Å². The highest BCUT2D eigenvalue weighted by Gasteiger charge is 2.23. The van der Waals surface area contributed by atoms with E-state index in [1.807, 2.05) is 16.7 Å². The third kappa shape index (κ3) is 5.15. The minimum absolute atomic E-state index is 0.132. The van der Waals surface area contributed by atoms with Gasteiger partial charge in [0.15, 0.2) is 0 Å². The molecular weight excluding hydrogens is 306 g/mol. The molecule has 2 saturated heterocycles. The molecule has 0 radical (unpaired) electrons. The molecule has 4 nitrogen and oxygen atoms in total. The number of nitrogens with one attached hydrogen (secondary N) is 1. The van der Waals surface area contributed by atoms with Gasteiger partial charge >= 0.3 is 6.03 Å². The monoisotopic (exact) mass is 333 g/mol. The van der Waals surface area contributed by atoms with Gasteiger partial charge in [-0.2, -0.15) is 11.8 Å². The molecule has 23 heavy (non-hydrogen) atoms. The average molecular weight is 334 g/mol. The molecule has 2 heterocycles. The zero-order valence-corrected chi connectivity index (χ0v) is 14.6. The summed E-state index contributed by atoms with van der Waals surface area (Å²) < 4.78 is 0. The lowest BCUT2D eigenvalue weighted by molar-refractivity contribution is 0.201. The number of carbonyl (C=O) groups excluding carboxylic acids is 1. The van der Waals surface area contributed by atoms with Crippen LogP contribution in [-0.4, -0.2) is 66.6 Å². The molecule has 0 aliphatic carbocycles. The molecule has 0 bridgehead atoms. The van der Waals surface area contributed by atoms with E-state index in [1.54, 1.807) is 0 Å². The summed E-state index contributed by atoms with van der Waals surface area (Å²) in [7, 11) is 0. The Morgan fingerprint density at radius 3 is 2.74 bits per heavy atom. The van der Waals surface area contributed by atoms with Crippen molar-refractivity contribution in [3.8, 4) is 0 Å². The summed E-state index contributed by atoms with van der Waals surface area (Å²) in [5, 5.41) is 3.14. The van der Waals surface area contributed by atoms with Crippen LogP contribution in [0.1, 0.15) is 12.0 Å². The second-order valence-electron chi connectivity index (χ2n) is 6.48. The number of amides is 2. The van der Waals surface area contributed by atoms with Crippen LogP contribution in [0, 0.1) is 5.92 Å². The fourth-order valence-electron chi connectivity index (χ4n) is 3.32. The van der Waals surface area contributed by atoms with Crippen LogP contribution in [0.5, 0.6) is 0 Å². The van der Waals surface area contributed by atoms with E-state index in [0.29, 0.717) is 5.92 Å². The van der Waals surface area contributed by atoms with E-state index in [9.17, 15) is 4.79 Å². The van der Waals surface area contributed by atoms with Crippen LogP contribution in [0.3, 0.4) is 0 Å². The van der Waals surface area contributed by atoms with Gasteiger partial charge in [-0.05, 0) is 30.9 Å². The van der Waals surface area contributed by atoms with Crippen molar-refractivity contribution in [3.63, 3.8) is 0 Å². The number of carbonyl (C=O) groups is 1. The Morgan fingerprint density at radius 1 is 1.17 bits per heavy atom. The standard InChI is InChI=1S/C18H27N3OS/c22-18(21-10-12-23-13-11-21)19-14-17-7-9-20(15-17)8-6-16-4-2-1-3-5-16/h1-5,17H,6-15H2,(H,19,22)/t17-/m0/s1. The Labute approximate surface area is 143 Å². The van der Waals surface area contributed by atoms with Crippen molar-refractivity contribution in [2.24, 2.45) is 5.92 Å². The van der Waals surface area contributed by atoms with Gasteiger partial charge in [0.25, 0.3) is 0 Å². The van der Waals surface area contributed by atoms with Gasteiger partial charge in [0.05, 0.1) is 0 Å². The number of thioether (sulfide) groups is 1. The zero-order valence-electron chi connectivity index (χ0n) is 13.7. The fourth-order valence-corrected chi connectivity index (χ4v) is 4.23. The highest BCUT2D eigenvalue weighted by Crippen LogP contribution is 2.16. The van der Waals surface area contributed by atoms with Gasteiger partial charge in [-0.1, -0.05) is 30.3 Å². The Bertz CT molecular complexity index is 490. The van der Waals surface area contributed by atoms with Crippen molar-refractivity contribution in [2.45, 2.75) is 12.8 Å². The Balaban J connectivity index is 1.34. The quantitative estimate of drug-likeness (QED) is 0.898. The molecule has 0 spiro atoms. The predicted octanol–water partition coefficient (Wildman–Crippen LogP) is 2.31. The number of hydrogen-bond acceptors (Lipinski definition) is 3. The highest BCUT2D eigenvalue weighted by molar-refractivity contribution is 7.99. The number of hydrogen-bond donors (Lipinski definition) is 1. The number of nitrogens with zero attached hydrogens (tertiary/aromatic N) is 2. The van der Waals surface area contributed by atoms with Gasteiger partial charge in [-0.3, -0.25) is 0 Å². The second-order valence-corrected chi connectivity index (χ2v) is 7.70. The molecule has 1 aromatic rings. The number of benzene rings is 1. The molecule has 126 valence electrons. The van der Waals surface area contributed by atoms with Crippen molar-refractivity contribution < 1.29 is 4.79 Å². The van der Waals surface area contributed by atoms with Crippen molar-refractivity contribution >= 4 is 17.8 Å². The molecule has 1 N–H and O–H groups in total. The van der Waals surface area contributed by atoms with Crippen LogP contribution in [0.25, 0.3) is 0 Å². The number of likely N-dealkylation sites (tertiary alicyclic amines) is 1. The first-order valence-corrected chi connectivity index (χ1v) is 9.83. The molecule has 1 aromatic carbocycles. The molecule has 0 unspecified atom stereocenters. The van der Waals surface area contributed by atoms with Gasteiger partial charge in [0.2, 0.25) is 0 Å². The molecule has 2 aliphatic heterocycles. The molecule has 2 fully saturated rings. The van der Waals surface area contributed by atoms with Crippen molar-refractivity contribution in [1.82, 2.24) is 15.1 Å². The summed E-state index contributed by atoms with van der Waals surface area (Å²) in [4.78, 5) is 16.6. The van der Waals surface area contributed by atoms with Crippen LogP contribution >= 0.6 is 11.8 Å². The third-order valence-electron chi connectivity index (χ3n) is 4.77. The van der Waals surface area contributed by atoms with Gasteiger partial charge in [0.1, 0.15) is 0 Å². The first kappa shape index (κ1) is 16.7. The summed E-state index contributed by atoms with van der Waals surface area (Å²) in [6.45, 7) is 6.01. The van der Waals surface area contributed by atoms with E-state index >= 15 is 0 Å². The van der Waals surface area contributed by atoms with E-state index < -0.39 is 0 Å². The summed E-state index contributed by atoms with van der Waals surface area (Å²) in [5.41, 5.74) is 1.41. The van der Waals surface area contributed by atoms with E-state index in [4.69, 9.17) is 0 Å². The summed E-state index contributed by atoms with van der Waals surface area (Å²) in [6, 6.07) is 10.8. The smallest absolute Gasteiger partial charge is 0.317 e. The van der Waals surface area contributed by atoms with E-state index in [-0.39, 0.29) is 6.03 Å². The lowest BCUT2D eigenvalue weighted by Gasteiger charge is -2.27. The van der Waals surface area contributed by atoms with Crippen LogP contribution in [0.15, 0.2) is 30.3 Å². The van der Waals surface area contributed by atoms with Crippen LogP contribution in [0.4, 0.5) is 4.79 Å². The zero-order chi connectivity index (χ0) is 15.9. The van der Waals surface area contributed by atoms with E-state index in [0.717, 1.165) is 57.2 Å². The van der Waals surface area contributed by atoms with Crippen molar-refractivity contribution in [1.29, 1.82) is 0 Å². The maximum absolute atomic E-state index is 12.1. The first-order chi connectivity index (χ1) is 11.3. The predicted molar refractivity (Wildman–Crippen MR) is 97.0 cm³/mol. The largest absolute Gasteiger partial charge is 0.338 e. The maximum atomic E-state index is 12.1. The first-order valence-electron chi connectivity index (χ1n) is 8.68. The highest BCUT2D eigenvalue weighted by atomic mass is 32.2. The molecule has 2 aliphatic rings.